The summed E-state index contributed by atoms with van der Waals surface area (Å²) in [5, 5.41) is 0. The summed E-state index contributed by atoms with van der Waals surface area (Å²) in [6.45, 7) is 5.76. The van der Waals surface area contributed by atoms with Gasteiger partial charge < -0.3 is 0 Å². The van der Waals surface area contributed by atoms with Crippen LogP contribution < -0.4 is 0 Å². The summed E-state index contributed by atoms with van der Waals surface area (Å²) in [5.74, 6) is -0.0610. The van der Waals surface area contributed by atoms with Crippen molar-refractivity contribution in [3.8, 4) is 0 Å². The molecule has 1 nitrogen and oxygen atoms in total. The number of hydrogen-bond acceptors (Lipinski definition) is 1. The van der Waals surface area contributed by atoms with Gasteiger partial charge in [-0.05, 0) is 38.0 Å². The number of ketones is 1. The van der Waals surface area contributed by atoms with Crippen molar-refractivity contribution >= 4 is 5.78 Å². The fraction of sp³-hybridized carbons (Fsp3) is 0.462. The van der Waals surface area contributed by atoms with Gasteiger partial charge >= 0.3 is 0 Å². The third kappa shape index (κ3) is 2.65. The Kier molecular flexibility index (Phi) is 3.61. The molecular weight excluding hydrogens is 191 g/mol. The van der Waals surface area contributed by atoms with E-state index in [1.54, 1.807) is 12.1 Å². The molecule has 2 heteroatoms. The highest BCUT2D eigenvalue weighted by molar-refractivity contribution is 5.89. The largest absolute Gasteiger partial charge is 0.299 e. The van der Waals surface area contributed by atoms with Crippen LogP contribution in [0.15, 0.2) is 24.3 Å². The number of carbonyl (C=O) groups excluding carboxylic acids is 1. The molecular formula is C13H17FO. The van der Waals surface area contributed by atoms with E-state index in [4.69, 9.17) is 0 Å². The maximum atomic E-state index is 12.7. The van der Waals surface area contributed by atoms with Crippen LogP contribution in [0.25, 0.3) is 0 Å². The number of carbonyl (C=O) groups is 1. The van der Waals surface area contributed by atoms with Gasteiger partial charge in [0.15, 0.2) is 0 Å². The molecule has 82 valence electrons. The molecule has 0 aliphatic heterocycles. The molecule has 0 radical (unpaired) electrons. The van der Waals surface area contributed by atoms with Gasteiger partial charge in [-0.3, -0.25) is 4.79 Å². The smallest absolute Gasteiger partial charge is 0.142 e. The normalized spacial score (nSPS) is 11.5. The number of halogens is 1. The van der Waals surface area contributed by atoms with Gasteiger partial charge in [-0.1, -0.05) is 19.1 Å². The summed E-state index contributed by atoms with van der Waals surface area (Å²) >= 11 is 0. The lowest BCUT2D eigenvalue weighted by Gasteiger charge is -2.23. The predicted octanol–water partition coefficient (Wildman–Crippen LogP) is 3.47. The van der Waals surface area contributed by atoms with Gasteiger partial charge in [0, 0.05) is 11.8 Å². The molecule has 1 rings (SSSR count). The van der Waals surface area contributed by atoms with Crippen molar-refractivity contribution in [2.75, 3.05) is 0 Å². The van der Waals surface area contributed by atoms with Crippen molar-refractivity contribution in [1.29, 1.82) is 0 Å². The molecule has 0 amide bonds. The minimum Gasteiger partial charge on any atom is -0.299 e. The fourth-order valence-corrected chi connectivity index (χ4v) is 1.57. The predicted molar refractivity (Wildman–Crippen MR) is 59.3 cm³/mol. The maximum Gasteiger partial charge on any atom is 0.142 e. The SMILES string of the molecule is CCCC(=O)C(C)(C)c1ccc(F)cc1. The average molecular weight is 208 g/mol. The van der Waals surface area contributed by atoms with Crippen molar-refractivity contribution in [3.05, 3.63) is 35.6 Å². The Morgan fingerprint density at radius 3 is 2.27 bits per heavy atom. The highest BCUT2D eigenvalue weighted by Crippen LogP contribution is 2.26. The zero-order valence-corrected chi connectivity index (χ0v) is 9.51. The topological polar surface area (TPSA) is 17.1 Å². The van der Waals surface area contributed by atoms with Crippen LogP contribution in [0.1, 0.15) is 39.2 Å². The number of hydrogen-bond donors (Lipinski definition) is 0. The molecule has 0 fully saturated rings. The zero-order valence-electron chi connectivity index (χ0n) is 9.51. The monoisotopic (exact) mass is 208 g/mol. The quantitative estimate of drug-likeness (QED) is 0.740. The van der Waals surface area contributed by atoms with E-state index in [-0.39, 0.29) is 11.6 Å². The molecule has 0 saturated heterocycles. The van der Waals surface area contributed by atoms with Gasteiger partial charge in [-0.2, -0.15) is 0 Å². The molecule has 0 spiro atoms. The summed E-state index contributed by atoms with van der Waals surface area (Å²) in [7, 11) is 0. The lowest BCUT2D eigenvalue weighted by molar-refractivity contribution is -0.123. The second kappa shape index (κ2) is 4.56. The van der Waals surface area contributed by atoms with Crippen LogP contribution in [0.2, 0.25) is 0 Å². The second-order valence-corrected chi connectivity index (χ2v) is 4.31. The van der Waals surface area contributed by atoms with E-state index in [9.17, 15) is 9.18 Å². The highest BCUT2D eigenvalue weighted by Gasteiger charge is 2.28. The fourth-order valence-electron chi connectivity index (χ4n) is 1.57. The standard InChI is InChI=1S/C13H17FO/c1-4-5-12(15)13(2,3)10-6-8-11(14)9-7-10/h6-9H,4-5H2,1-3H3. The van der Waals surface area contributed by atoms with E-state index < -0.39 is 5.41 Å². The minimum absolute atomic E-state index is 0.205. The number of benzene rings is 1. The van der Waals surface area contributed by atoms with E-state index in [2.05, 4.69) is 0 Å². The molecule has 15 heavy (non-hydrogen) atoms. The molecule has 0 aromatic heterocycles. The molecule has 1 aromatic carbocycles. The Morgan fingerprint density at radius 1 is 1.27 bits per heavy atom. The van der Waals surface area contributed by atoms with Crippen LogP contribution in [-0.2, 0) is 10.2 Å². The molecule has 0 heterocycles. The van der Waals surface area contributed by atoms with Crippen LogP contribution >= 0.6 is 0 Å². The lowest BCUT2D eigenvalue weighted by atomic mass is 9.79. The van der Waals surface area contributed by atoms with Gasteiger partial charge in [0.2, 0.25) is 0 Å². The third-order valence-electron chi connectivity index (χ3n) is 2.74. The molecule has 0 saturated carbocycles. The summed E-state index contributed by atoms with van der Waals surface area (Å²) in [4.78, 5) is 11.9. The van der Waals surface area contributed by atoms with Gasteiger partial charge in [0.1, 0.15) is 11.6 Å². The Labute approximate surface area is 90.3 Å². The van der Waals surface area contributed by atoms with Crippen LogP contribution in [0.5, 0.6) is 0 Å². The first-order valence-corrected chi connectivity index (χ1v) is 5.28. The summed E-state index contributed by atoms with van der Waals surface area (Å²) in [6, 6.07) is 6.17. The molecule has 0 atom stereocenters. The Balaban J connectivity index is 2.94. The van der Waals surface area contributed by atoms with Crippen LogP contribution in [0.3, 0.4) is 0 Å². The van der Waals surface area contributed by atoms with E-state index in [1.807, 2.05) is 20.8 Å². The first-order chi connectivity index (χ1) is 6.98. The van der Waals surface area contributed by atoms with Crippen LogP contribution in [0.4, 0.5) is 4.39 Å². The summed E-state index contributed by atoms with van der Waals surface area (Å²) in [5.41, 5.74) is 0.367. The Hall–Kier alpha value is -1.18. The van der Waals surface area contributed by atoms with Gasteiger partial charge in [0.25, 0.3) is 0 Å². The highest BCUT2D eigenvalue weighted by atomic mass is 19.1. The molecule has 0 bridgehead atoms. The van der Waals surface area contributed by atoms with Gasteiger partial charge in [-0.15, -0.1) is 0 Å². The van der Waals surface area contributed by atoms with E-state index in [1.165, 1.54) is 12.1 Å². The molecule has 0 unspecified atom stereocenters. The molecule has 1 aromatic rings. The molecule has 0 aliphatic carbocycles. The van der Waals surface area contributed by atoms with E-state index in [0.29, 0.717) is 6.42 Å². The lowest BCUT2D eigenvalue weighted by Crippen LogP contribution is -2.28. The second-order valence-electron chi connectivity index (χ2n) is 4.31. The van der Waals surface area contributed by atoms with Crippen molar-refractivity contribution in [1.82, 2.24) is 0 Å². The van der Waals surface area contributed by atoms with Crippen molar-refractivity contribution in [2.24, 2.45) is 0 Å². The zero-order chi connectivity index (χ0) is 11.5. The number of Topliss-reactive ketones (excluding diaryl/α,β-unsaturated/α-hetero) is 1. The van der Waals surface area contributed by atoms with Gasteiger partial charge in [-0.25, -0.2) is 4.39 Å². The minimum atomic E-state index is -0.510. The van der Waals surface area contributed by atoms with Gasteiger partial charge in [0.05, 0.1) is 0 Å². The maximum absolute atomic E-state index is 12.7. The average Bonchev–Trinajstić information content (AvgIpc) is 2.18. The number of rotatable bonds is 4. The Morgan fingerprint density at radius 2 is 1.80 bits per heavy atom. The van der Waals surface area contributed by atoms with Crippen molar-refractivity contribution < 1.29 is 9.18 Å². The van der Waals surface area contributed by atoms with Crippen LogP contribution in [0, 0.1) is 5.82 Å². The van der Waals surface area contributed by atoms with E-state index >= 15 is 0 Å². The van der Waals surface area contributed by atoms with E-state index in [0.717, 1.165) is 12.0 Å². The first kappa shape index (κ1) is 11.9. The Bertz CT molecular complexity index is 338. The summed E-state index contributed by atoms with van der Waals surface area (Å²) in [6.07, 6.45) is 1.42. The van der Waals surface area contributed by atoms with Crippen LogP contribution in [-0.4, -0.2) is 5.78 Å². The first-order valence-electron chi connectivity index (χ1n) is 5.28. The summed E-state index contributed by atoms with van der Waals surface area (Å²) < 4.78 is 12.7. The van der Waals surface area contributed by atoms with Crippen molar-refractivity contribution in [2.45, 2.75) is 39.0 Å². The molecule has 0 aliphatic rings. The third-order valence-corrected chi connectivity index (χ3v) is 2.74. The molecule has 0 N–H and O–H groups in total. The van der Waals surface area contributed by atoms with Crippen molar-refractivity contribution in [3.63, 3.8) is 0 Å².